The highest BCUT2D eigenvalue weighted by molar-refractivity contribution is 7.13. The molecule has 0 aliphatic rings. The third-order valence-electron chi connectivity index (χ3n) is 4.90. The number of benzene rings is 3. The van der Waals surface area contributed by atoms with Gasteiger partial charge in [0.2, 0.25) is 6.10 Å². The van der Waals surface area contributed by atoms with Crippen molar-refractivity contribution in [3.05, 3.63) is 107 Å². The lowest BCUT2D eigenvalue weighted by molar-refractivity contribution is -0.125. The molecule has 0 aliphatic heterocycles. The second kappa shape index (κ2) is 11.1. The Morgan fingerprint density at radius 3 is 2.44 bits per heavy atom. The van der Waals surface area contributed by atoms with Crippen LogP contribution in [-0.2, 0) is 16.1 Å². The number of methoxy groups -OCH3 is 1. The van der Waals surface area contributed by atoms with Gasteiger partial charge in [-0.15, -0.1) is 11.3 Å². The number of anilines is 2. The number of hydrogen-bond acceptors (Lipinski definition) is 7. The minimum atomic E-state index is -1.15. The number of nitrogens with zero attached hydrogens (tertiary/aromatic N) is 1. The van der Waals surface area contributed by atoms with Crippen molar-refractivity contribution in [2.45, 2.75) is 12.6 Å². The molecule has 3 aromatic carbocycles. The molecule has 34 heavy (non-hydrogen) atoms. The summed E-state index contributed by atoms with van der Waals surface area (Å²) in [5.74, 6) is -0.562. The van der Waals surface area contributed by atoms with Crippen LogP contribution in [0.5, 0.6) is 5.75 Å². The summed E-state index contributed by atoms with van der Waals surface area (Å²) in [5, 5.41) is 8.18. The molecule has 0 bridgehead atoms. The first-order valence-corrected chi connectivity index (χ1v) is 11.4. The molecule has 0 saturated carbocycles. The number of carbonyl (C=O) groups is 2. The molecule has 4 rings (SSSR count). The number of amides is 1. The van der Waals surface area contributed by atoms with Gasteiger partial charge in [-0.25, -0.2) is 9.78 Å². The fraction of sp³-hybridized carbons (Fsp3) is 0.115. The van der Waals surface area contributed by atoms with E-state index in [1.807, 2.05) is 36.4 Å². The largest absolute Gasteiger partial charge is 0.497 e. The number of aromatic nitrogens is 1. The minimum Gasteiger partial charge on any atom is -0.497 e. The van der Waals surface area contributed by atoms with Gasteiger partial charge in [0.15, 0.2) is 10.8 Å². The number of ether oxygens (including phenoxy) is 2. The van der Waals surface area contributed by atoms with Crippen molar-refractivity contribution >= 4 is 34.0 Å². The summed E-state index contributed by atoms with van der Waals surface area (Å²) in [6.45, 7) is 0.582. The number of nitrogens with one attached hydrogen (secondary N) is 2. The van der Waals surface area contributed by atoms with Gasteiger partial charge in [0, 0.05) is 29.2 Å². The highest BCUT2D eigenvalue weighted by Gasteiger charge is 2.27. The van der Waals surface area contributed by atoms with Crippen molar-refractivity contribution in [3.63, 3.8) is 0 Å². The minimum absolute atomic E-state index is 0.135. The average molecular weight is 474 g/mol. The Labute approximate surface area is 201 Å². The van der Waals surface area contributed by atoms with Crippen molar-refractivity contribution < 1.29 is 19.1 Å². The molecule has 8 heteroatoms. The lowest BCUT2D eigenvalue weighted by atomic mass is 10.1. The second-order valence-electron chi connectivity index (χ2n) is 7.29. The summed E-state index contributed by atoms with van der Waals surface area (Å²) < 4.78 is 10.8. The molecule has 1 aromatic heterocycles. The number of thiazole rings is 1. The van der Waals surface area contributed by atoms with Gasteiger partial charge in [-0.05, 0) is 17.7 Å². The molecule has 2 N–H and O–H groups in total. The number of hydrogen-bond donors (Lipinski definition) is 2. The first kappa shape index (κ1) is 23.0. The summed E-state index contributed by atoms with van der Waals surface area (Å²) in [5.41, 5.74) is 2.31. The monoisotopic (exact) mass is 473 g/mol. The molecule has 1 unspecified atom stereocenters. The number of carbonyl (C=O) groups excluding carboxylic acids is 2. The van der Waals surface area contributed by atoms with Crippen molar-refractivity contribution in [2.24, 2.45) is 0 Å². The Bertz CT molecular complexity index is 1250. The third kappa shape index (κ3) is 5.99. The molecule has 1 heterocycles. The van der Waals surface area contributed by atoms with Gasteiger partial charge in [-0.1, -0.05) is 66.7 Å². The van der Waals surface area contributed by atoms with Crippen molar-refractivity contribution in [1.29, 1.82) is 0 Å². The maximum absolute atomic E-state index is 13.1. The lowest BCUT2D eigenvalue weighted by Crippen LogP contribution is -2.26. The van der Waals surface area contributed by atoms with Gasteiger partial charge in [-0.3, -0.25) is 4.79 Å². The van der Waals surface area contributed by atoms with Gasteiger partial charge >= 0.3 is 5.97 Å². The molecule has 0 saturated heterocycles. The lowest BCUT2D eigenvalue weighted by Gasteiger charge is -2.18. The zero-order chi connectivity index (χ0) is 23.8. The summed E-state index contributed by atoms with van der Waals surface area (Å²) in [4.78, 5) is 30.3. The highest BCUT2D eigenvalue weighted by Crippen LogP contribution is 2.25. The Balaban J connectivity index is 1.46. The van der Waals surface area contributed by atoms with Crippen LogP contribution in [0.15, 0.2) is 90.3 Å². The summed E-state index contributed by atoms with van der Waals surface area (Å²) in [7, 11) is 1.55. The molecule has 172 valence electrons. The van der Waals surface area contributed by atoms with E-state index in [4.69, 9.17) is 9.47 Å². The molecule has 0 aliphatic carbocycles. The van der Waals surface area contributed by atoms with Crippen LogP contribution in [0.3, 0.4) is 0 Å². The van der Waals surface area contributed by atoms with Crippen LogP contribution < -0.4 is 15.4 Å². The zero-order valence-corrected chi connectivity index (χ0v) is 19.2. The molecule has 1 amide bonds. The van der Waals surface area contributed by atoms with Crippen molar-refractivity contribution in [2.75, 3.05) is 17.7 Å². The standard InChI is InChI=1S/C26H23N3O4S/c1-32-21-14-8-13-20(15-21)28-24(30)23(19-11-6-3-7-12-19)33-25(31)22-17-34-26(29-22)27-16-18-9-4-2-5-10-18/h2-15,17,23H,16H2,1H3,(H,27,29)(H,28,30). The van der Waals surface area contributed by atoms with E-state index < -0.39 is 18.0 Å². The van der Waals surface area contributed by atoms with Gasteiger partial charge in [0.05, 0.1) is 7.11 Å². The first-order chi connectivity index (χ1) is 16.6. The van der Waals surface area contributed by atoms with Gasteiger partial charge in [0.1, 0.15) is 5.75 Å². The van der Waals surface area contributed by atoms with Crippen LogP contribution in [-0.4, -0.2) is 24.0 Å². The number of rotatable bonds is 9. The molecular formula is C26H23N3O4S. The topological polar surface area (TPSA) is 89.5 Å². The summed E-state index contributed by atoms with van der Waals surface area (Å²) in [6.07, 6.45) is -1.15. The van der Waals surface area contributed by atoms with Gasteiger partial charge in [0.25, 0.3) is 5.91 Å². The molecule has 4 aromatic rings. The van der Waals surface area contributed by atoms with Crippen LogP contribution in [0, 0.1) is 0 Å². The van der Waals surface area contributed by atoms with Crippen molar-refractivity contribution in [1.82, 2.24) is 4.98 Å². The van der Waals surface area contributed by atoms with E-state index in [1.54, 1.807) is 61.0 Å². The molecular weight excluding hydrogens is 450 g/mol. The fourth-order valence-electron chi connectivity index (χ4n) is 3.20. The van der Waals surface area contributed by atoms with Gasteiger partial charge in [-0.2, -0.15) is 0 Å². The van der Waals surface area contributed by atoms with E-state index in [0.29, 0.717) is 28.7 Å². The van der Waals surface area contributed by atoms with E-state index in [1.165, 1.54) is 11.3 Å². The molecule has 0 fully saturated rings. The first-order valence-electron chi connectivity index (χ1n) is 10.6. The van der Waals surface area contributed by atoms with Crippen LogP contribution in [0.1, 0.15) is 27.7 Å². The molecule has 0 radical (unpaired) electrons. The number of esters is 1. The molecule has 7 nitrogen and oxygen atoms in total. The van der Waals surface area contributed by atoms with Crippen LogP contribution >= 0.6 is 11.3 Å². The predicted molar refractivity (Wildman–Crippen MR) is 132 cm³/mol. The average Bonchev–Trinajstić information content (AvgIpc) is 3.36. The quantitative estimate of drug-likeness (QED) is 0.321. The van der Waals surface area contributed by atoms with Crippen molar-refractivity contribution in [3.8, 4) is 5.75 Å². The fourth-order valence-corrected chi connectivity index (χ4v) is 3.88. The van der Waals surface area contributed by atoms with E-state index in [-0.39, 0.29) is 5.69 Å². The van der Waals surface area contributed by atoms with E-state index >= 15 is 0 Å². The Hall–Kier alpha value is -4.17. The van der Waals surface area contributed by atoms with E-state index in [0.717, 1.165) is 5.56 Å². The van der Waals surface area contributed by atoms with Crippen LogP contribution in [0.25, 0.3) is 0 Å². The smallest absolute Gasteiger partial charge is 0.359 e. The van der Waals surface area contributed by atoms with Crippen LogP contribution in [0.4, 0.5) is 10.8 Å². The Morgan fingerprint density at radius 1 is 0.971 bits per heavy atom. The predicted octanol–water partition coefficient (Wildman–Crippen LogP) is 5.30. The third-order valence-corrected chi connectivity index (χ3v) is 5.70. The summed E-state index contributed by atoms with van der Waals surface area (Å²) >= 11 is 1.30. The Morgan fingerprint density at radius 2 is 1.71 bits per heavy atom. The Kier molecular flexibility index (Phi) is 7.52. The van der Waals surface area contributed by atoms with Crippen LogP contribution in [0.2, 0.25) is 0 Å². The normalized spacial score (nSPS) is 11.3. The van der Waals surface area contributed by atoms with Gasteiger partial charge < -0.3 is 20.1 Å². The van der Waals surface area contributed by atoms with E-state index in [9.17, 15) is 9.59 Å². The summed E-state index contributed by atoms with van der Waals surface area (Å²) in [6, 6.07) is 25.7. The van der Waals surface area contributed by atoms with E-state index in [2.05, 4.69) is 15.6 Å². The molecule has 1 atom stereocenters. The second-order valence-corrected chi connectivity index (χ2v) is 8.15. The maximum Gasteiger partial charge on any atom is 0.359 e. The highest BCUT2D eigenvalue weighted by atomic mass is 32.1. The zero-order valence-electron chi connectivity index (χ0n) is 18.4. The SMILES string of the molecule is COc1cccc(NC(=O)C(OC(=O)c2csc(NCc3ccccc3)n2)c2ccccc2)c1. The maximum atomic E-state index is 13.1. The molecule has 0 spiro atoms.